The van der Waals surface area contributed by atoms with Gasteiger partial charge in [-0.15, -0.1) is 0 Å². The van der Waals surface area contributed by atoms with Gasteiger partial charge in [0, 0.05) is 28.4 Å². The van der Waals surface area contributed by atoms with Crippen molar-refractivity contribution in [3.63, 3.8) is 0 Å². The molecule has 0 bridgehead atoms. The molecule has 0 aromatic heterocycles. The molecule has 144 valence electrons. The Hall–Kier alpha value is -2.60. The van der Waals surface area contributed by atoms with Crippen LogP contribution in [0.4, 0.5) is 5.69 Å². The van der Waals surface area contributed by atoms with Crippen molar-refractivity contribution in [2.24, 2.45) is 0 Å². The van der Waals surface area contributed by atoms with Crippen LogP contribution in [0.5, 0.6) is 0 Å². The van der Waals surface area contributed by atoms with Gasteiger partial charge in [-0.25, -0.2) is 9.59 Å². The first kappa shape index (κ1) is 20.7. The van der Waals surface area contributed by atoms with Crippen LogP contribution in [0.2, 0.25) is 5.02 Å². The molecule has 7 heteroatoms. The van der Waals surface area contributed by atoms with Crippen LogP contribution in [0.15, 0.2) is 46.8 Å². The van der Waals surface area contributed by atoms with E-state index in [1.165, 1.54) is 6.92 Å². The number of hydrogen-bond acceptors (Lipinski definition) is 6. The number of allylic oxidation sites excluding steroid dienone is 2. The maximum absolute atomic E-state index is 12.7. The van der Waals surface area contributed by atoms with Gasteiger partial charge in [0.1, 0.15) is 5.70 Å². The summed E-state index contributed by atoms with van der Waals surface area (Å²) in [6.07, 6.45) is 0.0121. The number of Topliss-reactive ketones (excluding diaryl/α,β-unsaturated/α-hetero) is 1. The van der Waals surface area contributed by atoms with E-state index in [1.807, 2.05) is 0 Å². The van der Waals surface area contributed by atoms with Crippen LogP contribution >= 0.6 is 11.6 Å². The SMILES string of the molecule is CCOC(=O)C1=C(C(=O)OCC)N(c2ccc(Cl)cc2)C(C)=C(C(C)=O)C1. The summed E-state index contributed by atoms with van der Waals surface area (Å²) in [7, 11) is 0. The fourth-order valence-electron chi connectivity index (χ4n) is 2.92. The normalized spacial score (nSPS) is 14.3. The number of ether oxygens (including phenoxy) is 2. The molecule has 1 aromatic carbocycles. The summed E-state index contributed by atoms with van der Waals surface area (Å²) in [6.45, 7) is 6.81. The minimum Gasteiger partial charge on any atom is -0.463 e. The van der Waals surface area contributed by atoms with Crippen molar-refractivity contribution >= 4 is 35.0 Å². The molecule has 0 fully saturated rings. The zero-order valence-corrected chi connectivity index (χ0v) is 16.6. The van der Waals surface area contributed by atoms with Gasteiger partial charge in [0.25, 0.3) is 0 Å². The number of benzene rings is 1. The Kier molecular flexibility index (Phi) is 6.80. The monoisotopic (exact) mass is 391 g/mol. The molecule has 0 saturated carbocycles. The van der Waals surface area contributed by atoms with Crippen molar-refractivity contribution in [1.82, 2.24) is 0 Å². The average molecular weight is 392 g/mol. The Labute approximate surface area is 163 Å². The van der Waals surface area contributed by atoms with E-state index in [-0.39, 0.29) is 36.7 Å². The molecule has 0 saturated heterocycles. The first-order chi connectivity index (χ1) is 12.8. The predicted octanol–water partition coefficient (Wildman–Crippen LogP) is 3.79. The molecule has 27 heavy (non-hydrogen) atoms. The van der Waals surface area contributed by atoms with E-state index in [1.54, 1.807) is 49.9 Å². The molecule has 0 N–H and O–H groups in total. The van der Waals surface area contributed by atoms with E-state index >= 15 is 0 Å². The Morgan fingerprint density at radius 1 is 1.00 bits per heavy atom. The minimum absolute atomic E-state index is 0.0121. The number of halogens is 1. The van der Waals surface area contributed by atoms with Gasteiger partial charge in [-0.2, -0.15) is 0 Å². The first-order valence-electron chi connectivity index (χ1n) is 8.65. The summed E-state index contributed by atoms with van der Waals surface area (Å²) in [4.78, 5) is 39.0. The highest BCUT2D eigenvalue weighted by Crippen LogP contribution is 2.36. The van der Waals surface area contributed by atoms with Crippen molar-refractivity contribution in [1.29, 1.82) is 0 Å². The van der Waals surface area contributed by atoms with Gasteiger partial charge in [0.05, 0.1) is 18.8 Å². The smallest absolute Gasteiger partial charge is 0.355 e. The Balaban J connectivity index is 2.73. The third kappa shape index (κ3) is 4.39. The van der Waals surface area contributed by atoms with E-state index in [2.05, 4.69) is 0 Å². The van der Waals surface area contributed by atoms with E-state index < -0.39 is 11.9 Å². The number of ketones is 1. The van der Waals surface area contributed by atoms with Crippen molar-refractivity contribution < 1.29 is 23.9 Å². The maximum atomic E-state index is 12.7. The molecule has 0 spiro atoms. The molecule has 1 aliphatic heterocycles. The van der Waals surface area contributed by atoms with Crippen LogP contribution in [0, 0.1) is 0 Å². The zero-order chi connectivity index (χ0) is 20.1. The van der Waals surface area contributed by atoms with Gasteiger partial charge in [0.2, 0.25) is 0 Å². The van der Waals surface area contributed by atoms with Crippen LogP contribution in [-0.2, 0) is 23.9 Å². The highest BCUT2D eigenvalue weighted by atomic mass is 35.5. The molecule has 1 aromatic rings. The molecule has 0 amide bonds. The van der Waals surface area contributed by atoms with Crippen molar-refractivity contribution in [2.75, 3.05) is 18.1 Å². The van der Waals surface area contributed by atoms with Crippen molar-refractivity contribution in [3.8, 4) is 0 Å². The van der Waals surface area contributed by atoms with E-state index in [0.717, 1.165) is 0 Å². The molecule has 0 radical (unpaired) electrons. The second-order valence-corrected chi connectivity index (χ2v) is 6.31. The lowest BCUT2D eigenvalue weighted by atomic mass is 9.93. The summed E-state index contributed by atoms with van der Waals surface area (Å²) >= 11 is 5.97. The van der Waals surface area contributed by atoms with E-state index in [0.29, 0.717) is 22.0 Å². The van der Waals surface area contributed by atoms with Gasteiger partial charge in [-0.05, 0) is 52.0 Å². The standard InChI is InChI=1S/C20H22ClNO5/c1-5-26-19(24)17-11-16(13(4)23)12(3)22(18(17)20(25)27-6-2)15-9-7-14(21)8-10-15/h7-10H,5-6,11H2,1-4H3. The highest BCUT2D eigenvalue weighted by Gasteiger charge is 2.36. The van der Waals surface area contributed by atoms with Crippen LogP contribution in [0.3, 0.4) is 0 Å². The largest absolute Gasteiger partial charge is 0.463 e. The second-order valence-electron chi connectivity index (χ2n) is 5.88. The minimum atomic E-state index is -0.655. The fraction of sp³-hybridized carbons (Fsp3) is 0.350. The number of anilines is 1. The van der Waals surface area contributed by atoms with E-state index in [4.69, 9.17) is 21.1 Å². The van der Waals surface area contributed by atoms with Crippen molar-refractivity contribution in [3.05, 3.63) is 51.8 Å². The molecule has 1 aliphatic rings. The van der Waals surface area contributed by atoms with Crippen LogP contribution < -0.4 is 4.90 Å². The van der Waals surface area contributed by atoms with Gasteiger partial charge >= 0.3 is 11.9 Å². The number of hydrogen-bond donors (Lipinski definition) is 0. The molecule has 6 nitrogen and oxygen atoms in total. The van der Waals surface area contributed by atoms with Gasteiger partial charge in [-0.3, -0.25) is 4.79 Å². The lowest BCUT2D eigenvalue weighted by Crippen LogP contribution is -2.35. The number of nitrogens with zero attached hydrogens (tertiary/aromatic N) is 1. The zero-order valence-electron chi connectivity index (χ0n) is 15.8. The molecule has 2 rings (SSSR count). The van der Waals surface area contributed by atoms with Crippen LogP contribution in [0.1, 0.15) is 34.1 Å². The lowest BCUT2D eigenvalue weighted by molar-refractivity contribution is -0.142. The second kappa shape index (κ2) is 8.86. The predicted molar refractivity (Wildman–Crippen MR) is 102 cm³/mol. The number of esters is 2. The highest BCUT2D eigenvalue weighted by molar-refractivity contribution is 6.30. The maximum Gasteiger partial charge on any atom is 0.355 e. The topological polar surface area (TPSA) is 72.9 Å². The molecular formula is C20H22ClNO5. The Morgan fingerprint density at radius 2 is 1.56 bits per heavy atom. The molecule has 0 atom stereocenters. The summed E-state index contributed by atoms with van der Waals surface area (Å²) in [5.74, 6) is -1.49. The number of carbonyl (C=O) groups excluding carboxylic acids is 3. The van der Waals surface area contributed by atoms with Gasteiger partial charge in [0.15, 0.2) is 5.78 Å². The van der Waals surface area contributed by atoms with E-state index in [9.17, 15) is 14.4 Å². The van der Waals surface area contributed by atoms with Gasteiger partial charge < -0.3 is 14.4 Å². The molecular weight excluding hydrogens is 370 g/mol. The lowest BCUT2D eigenvalue weighted by Gasteiger charge is -2.34. The number of rotatable bonds is 6. The molecule has 0 aliphatic carbocycles. The van der Waals surface area contributed by atoms with Gasteiger partial charge in [-0.1, -0.05) is 11.6 Å². The molecule has 0 unspecified atom stereocenters. The summed E-state index contributed by atoms with van der Waals surface area (Å²) < 4.78 is 10.3. The summed E-state index contributed by atoms with van der Waals surface area (Å²) in [6, 6.07) is 6.74. The Morgan fingerprint density at radius 3 is 2.07 bits per heavy atom. The number of carbonyl (C=O) groups is 3. The third-order valence-corrected chi connectivity index (χ3v) is 4.39. The summed E-state index contributed by atoms with van der Waals surface area (Å²) in [5.41, 5.74) is 1.73. The van der Waals surface area contributed by atoms with Crippen LogP contribution in [0.25, 0.3) is 0 Å². The summed E-state index contributed by atoms with van der Waals surface area (Å²) in [5, 5.41) is 0.525. The van der Waals surface area contributed by atoms with Crippen molar-refractivity contribution in [2.45, 2.75) is 34.1 Å². The fourth-order valence-corrected chi connectivity index (χ4v) is 3.05. The average Bonchev–Trinajstić information content (AvgIpc) is 2.62. The first-order valence-corrected chi connectivity index (χ1v) is 9.03. The van der Waals surface area contributed by atoms with Crippen LogP contribution in [-0.4, -0.2) is 30.9 Å². The quantitative estimate of drug-likeness (QED) is 0.687. The molecule has 1 heterocycles. The Bertz CT molecular complexity index is 823. The third-order valence-electron chi connectivity index (χ3n) is 4.14.